The Morgan fingerprint density at radius 2 is 0.919 bits per heavy atom. The van der Waals surface area contributed by atoms with Gasteiger partial charge in [0, 0.05) is 19.8 Å². The zero-order valence-electron chi connectivity index (χ0n) is 22.8. The number of carbonyl (C=O) groups excluding carboxylic acids is 2. The molecular formula is C27H50F2O7S. The monoisotopic (exact) mass is 556 g/mol. The summed E-state index contributed by atoms with van der Waals surface area (Å²) in [5.74, 6) is -4.46. The molecule has 0 radical (unpaired) electrons. The van der Waals surface area contributed by atoms with Crippen LogP contribution in [0.5, 0.6) is 0 Å². The van der Waals surface area contributed by atoms with E-state index >= 15 is 0 Å². The first-order valence-electron chi connectivity index (χ1n) is 14.1. The molecule has 0 saturated heterocycles. The van der Waals surface area contributed by atoms with Crippen LogP contribution in [0.25, 0.3) is 0 Å². The highest BCUT2D eigenvalue weighted by molar-refractivity contribution is 7.85. The lowest BCUT2D eigenvalue weighted by Crippen LogP contribution is -2.21. The van der Waals surface area contributed by atoms with E-state index in [0.717, 1.165) is 45.4 Å². The summed E-state index contributed by atoms with van der Waals surface area (Å²) in [7, 11) is -4.08. The Morgan fingerprint density at radius 3 is 1.22 bits per heavy atom. The zero-order chi connectivity index (χ0) is 27.8. The zero-order valence-corrected chi connectivity index (χ0v) is 23.6. The van der Waals surface area contributed by atoms with Crippen LogP contribution in [0.4, 0.5) is 8.78 Å². The van der Waals surface area contributed by atoms with Crippen LogP contribution in [-0.4, -0.2) is 49.8 Å². The fourth-order valence-corrected chi connectivity index (χ4v) is 4.27. The molecular weight excluding hydrogens is 506 g/mol. The second kappa shape index (κ2) is 22.7. The molecule has 0 aromatic rings. The number of carbonyl (C=O) groups is 2. The van der Waals surface area contributed by atoms with Crippen molar-refractivity contribution >= 4 is 22.1 Å². The Labute approximate surface area is 223 Å². The highest BCUT2D eigenvalue weighted by Crippen LogP contribution is 2.16. The molecule has 0 spiro atoms. The van der Waals surface area contributed by atoms with Gasteiger partial charge < -0.3 is 9.47 Å². The first kappa shape index (κ1) is 35.7. The van der Waals surface area contributed by atoms with Gasteiger partial charge in [-0.25, -0.2) is 8.78 Å². The highest BCUT2D eigenvalue weighted by atomic mass is 32.2. The van der Waals surface area contributed by atoms with Gasteiger partial charge in [0.15, 0.2) is 6.61 Å². The summed E-state index contributed by atoms with van der Waals surface area (Å²) >= 11 is 0. The summed E-state index contributed by atoms with van der Waals surface area (Å²) in [4.78, 5) is 22.8. The van der Waals surface area contributed by atoms with Gasteiger partial charge in [-0.15, -0.1) is 0 Å². The van der Waals surface area contributed by atoms with Crippen molar-refractivity contribution < 1.29 is 40.8 Å². The second-order valence-electron chi connectivity index (χ2n) is 10.1. The molecule has 37 heavy (non-hydrogen) atoms. The molecule has 0 aliphatic rings. The maximum absolute atomic E-state index is 12.6. The lowest BCUT2D eigenvalue weighted by molar-refractivity contribution is -0.153. The normalized spacial score (nSPS) is 12.0. The third-order valence-corrected chi connectivity index (χ3v) is 6.79. The molecule has 0 aromatic heterocycles. The first-order valence-corrected chi connectivity index (χ1v) is 15.7. The van der Waals surface area contributed by atoms with Gasteiger partial charge in [0.25, 0.3) is 16.0 Å². The van der Waals surface area contributed by atoms with E-state index in [0.29, 0.717) is 6.42 Å². The minimum atomic E-state index is -4.08. The predicted molar refractivity (Wildman–Crippen MR) is 141 cm³/mol. The summed E-state index contributed by atoms with van der Waals surface area (Å²) < 4.78 is 64.2. The lowest BCUT2D eigenvalue weighted by atomic mass is 10.0. The molecule has 0 aliphatic heterocycles. The summed E-state index contributed by atoms with van der Waals surface area (Å²) in [6, 6.07) is 0. The summed E-state index contributed by atoms with van der Waals surface area (Å²) in [5.41, 5.74) is 0. The van der Waals surface area contributed by atoms with Crippen molar-refractivity contribution in [3.63, 3.8) is 0 Å². The van der Waals surface area contributed by atoms with E-state index in [1.54, 1.807) is 0 Å². The Bertz CT molecular complexity index is 679. The van der Waals surface area contributed by atoms with Gasteiger partial charge in [-0.05, 0) is 12.8 Å². The largest absolute Gasteiger partial charge is 0.464 e. The molecule has 0 aliphatic carbocycles. The molecule has 1 N–H and O–H groups in total. The van der Waals surface area contributed by atoms with Gasteiger partial charge in [-0.3, -0.25) is 14.1 Å². The number of halogens is 2. The average molecular weight is 557 g/mol. The van der Waals surface area contributed by atoms with Crippen molar-refractivity contribution in [3.05, 3.63) is 0 Å². The third kappa shape index (κ3) is 30.8. The molecule has 0 amide bonds. The van der Waals surface area contributed by atoms with E-state index < -0.39 is 40.3 Å². The number of ether oxygens (including phenoxy) is 2. The molecule has 0 bridgehead atoms. The molecule has 220 valence electrons. The lowest BCUT2D eigenvalue weighted by Gasteiger charge is -2.10. The van der Waals surface area contributed by atoms with E-state index in [2.05, 4.69) is 4.74 Å². The van der Waals surface area contributed by atoms with E-state index in [4.69, 9.17) is 9.29 Å². The Hall–Kier alpha value is -1.29. The maximum Gasteiger partial charge on any atom is 0.305 e. The summed E-state index contributed by atoms with van der Waals surface area (Å²) in [6.45, 7) is -0.384. The molecule has 0 fully saturated rings. The standard InChI is InChI=1S/C27H50F2O7S/c1-27(28,29)24-36-26(31)21-19-17-15-13-11-9-7-5-3-2-4-6-8-10-12-14-16-18-20-25(30)35-22-23-37(32,33)34/h2-24H2,1H3,(H,32,33,34). The van der Waals surface area contributed by atoms with Crippen molar-refractivity contribution in [2.24, 2.45) is 0 Å². The highest BCUT2D eigenvalue weighted by Gasteiger charge is 2.23. The van der Waals surface area contributed by atoms with E-state index in [1.807, 2.05) is 0 Å². The van der Waals surface area contributed by atoms with Crippen molar-refractivity contribution in [1.82, 2.24) is 0 Å². The third-order valence-electron chi connectivity index (χ3n) is 6.10. The number of alkyl halides is 2. The van der Waals surface area contributed by atoms with Gasteiger partial charge in [0.1, 0.15) is 12.4 Å². The van der Waals surface area contributed by atoms with Crippen LogP contribution >= 0.6 is 0 Å². The fourth-order valence-electron chi connectivity index (χ4n) is 3.98. The molecule has 0 rings (SSSR count). The fraction of sp³-hybridized carbons (Fsp3) is 0.926. The van der Waals surface area contributed by atoms with Gasteiger partial charge in [-0.2, -0.15) is 8.42 Å². The minimum Gasteiger partial charge on any atom is -0.464 e. The molecule has 0 saturated carbocycles. The van der Waals surface area contributed by atoms with Gasteiger partial charge >= 0.3 is 11.9 Å². The van der Waals surface area contributed by atoms with Crippen LogP contribution in [0, 0.1) is 0 Å². The van der Waals surface area contributed by atoms with Crippen LogP contribution in [0.15, 0.2) is 0 Å². The van der Waals surface area contributed by atoms with E-state index in [-0.39, 0.29) is 19.4 Å². The van der Waals surface area contributed by atoms with Crippen molar-refractivity contribution in [3.8, 4) is 0 Å². The topological polar surface area (TPSA) is 107 Å². The molecule has 0 heterocycles. The van der Waals surface area contributed by atoms with Gasteiger partial charge in [0.2, 0.25) is 0 Å². The molecule has 0 atom stereocenters. The Balaban J connectivity index is 3.23. The first-order chi connectivity index (χ1) is 17.5. The van der Waals surface area contributed by atoms with Crippen LogP contribution < -0.4 is 0 Å². The summed E-state index contributed by atoms with van der Waals surface area (Å²) in [6.07, 6.45) is 21.0. The van der Waals surface area contributed by atoms with Crippen molar-refractivity contribution in [2.75, 3.05) is 19.0 Å². The second-order valence-corrected chi connectivity index (χ2v) is 11.7. The number of unbranched alkanes of at least 4 members (excludes halogenated alkanes) is 17. The molecule has 0 aromatic carbocycles. The van der Waals surface area contributed by atoms with E-state index in [1.165, 1.54) is 70.6 Å². The van der Waals surface area contributed by atoms with E-state index in [9.17, 15) is 26.8 Å². The van der Waals surface area contributed by atoms with Gasteiger partial charge in [0.05, 0.1) is 0 Å². The van der Waals surface area contributed by atoms with Crippen LogP contribution in [-0.2, 0) is 29.2 Å². The Morgan fingerprint density at radius 1 is 0.622 bits per heavy atom. The van der Waals surface area contributed by atoms with Gasteiger partial charge in [-0.1, -0.05) is 103 Å². The SMILES string of the molecule is CC(F)(F)COC(=O)CCCCCCCCCCCCCCCCCCCCC(=O)OCCS(=O)(=O)O. The quantitative estimate of drug-likeness (QED) is 0.0671. The van der Waals surface area contributed by atoms with Crippen LogP contribution in [0.2, 0.25) is 0 Å². The molecule has 10 heteroatoms. The van der Waals surface area contributed by atoms with Crippen LogP contribution in [0.1, 0.15) is 135 Å². The number of hydrogen-bond acceptors (Lipinski definition) is 6. The molecule has 0 unspecified atom stereocenters. The summed E-state index contributed by atoms with van der Waals surface area (Å²) in [5, 5.41) is 0. The maximum atomic E-state index is 12.6. The Kier molecular flexibility index (Phi) is 21.9. The predicted octanol–water partition coefficient (Wildman–Crippen LogP) is 7.42. The number of esters is 2. The van der Waals surface area contributed by atoms with Crippen molar-refractivity contribution in [1.29, 1.82) is 0 Å². The number of rotatable bonds is 26. The smallest absolute Gasteiger partial charge is 0.305 e. The van der Waals surface area contributed by atoms with Crippen LogP contribution in [0.3, 0.4) is 0 Å². The van der Waals surface area contributed by atoms with Crippen molar-refractivity contribution in [2.45, 2.75) is 141 Å². The molecule has 7 nitrogen and oxygen atoms in total. The number of hydrogen-bond donors (Lipinski definition) is 1. The minimum absolute atomic E-state index is 0.222. The average Bonchev–Trinajstić information content (AvgIpc) is 2.80.